The van der Waals surface area contributed by atoms with Crippen molar-refractivity contribution in [2.75, 3.05) is 7.05 Å². The van der Waals surface area contributed by atoms with Gasteiger partial charge in [0.15, 0.2) is 0 Å². The fourth-order valence-electron chi connectivity index (χ4n) is 2.13. The van der Waals surface area contributed by atoms with Crippen LogP contribution in [0.3, 0.4) is 0 Å². The molecule has 0 bridgehead atoms. The molecular weight excluding hydrogens is 390 g/mol. The smallest absolute Gasteiger partial charge is 0.0766 e. The molecule has 3 nitrogen and oxygen atoms in total. The van der Waals surface area contributed by atoms with E-state index in [4.69, 9.17) is 0 Å². The summed E-state index contributed by atoms with van der Waals surface area (Å²) in [6.45, 7) is 2.13. The molecule has 0 saturated carbocycles. The zero-order valence-corrected chi connectivity index (χ0v) is 15.2. The Hall–Kier alpha value is -0.170. The molecule has 0 aliphatic carbocycles. The molecule has 2 heterocycles. The van der Waals surface area contributed by atoms with Crippen LogP contribution >= 0.6 is 43.2 Å². The van der Waals surface area contributed by atoms with E-state index in [1.165, 1.54) is 15.0 Å². The maximum absolute atomic E-state index is 4.55. The summed E-state index contributed by atoms with van der Waals surface area (Å²) in [6, 6.07) is 2.48. The van der Waals surface area contributed by atoms with Gasteiger partial charge in [-0.25, -0.2) is 0 Å². The van der Waals surface area contributed by atoms with Crippen molar-refractivity contribution in [3.63, 3.8) is 0 Å². The molecule has 0 aliphatic heterocycles. The molecule has 19 heavy (non-hydrogen) atoms. The molecule has 0 aromatic carbocycles. The second-order valence-corrected chi connectivity index (χ2v) is 7.50. The van der Waals surface area contributed by atoms with Crippen LogP contribution in [0.5, 0.6) is 0 Å². The van der Waals surface area contributed by atoms with Crippen molar-refractivity contribution in [2.45, 2.75) is 25.8 Å². The number of hydrogen-bond acceptors (Lipinski definition) is 3. The standard InChI is InChI=1S/C13H17Br2N3S/c1-4-9-13(15)11(18(3)17-9)6-10(16-2)8-5-12(14)19-7-8/h5,7,10,16H,4,6H2,1-3H3. The molecule has 2 rings (SSSR count). The van der Waals surface area contributed by atoms with Gasteiger partial charge in [0.1, 0.15) is 0 Å². The molecule has 0 saturated heterocycles. The summed E-state index contributed by atoms with van der Waals surface area (Å²) < 4.78 is 4.29. The second-order valence-electron chi connectivity index (χ2n) is 4.41. The van der Waals surface area contributed by atoms with Gasteiger partial charge in [-0.2, -0.15) is 5.10 Å². The molecule has 0 amide bonds. The number of nitrogens with zero attached hydrogens (tertiary/aromatic N) is 2. The quantitative estimate of drug-likeness (QED) is 0.810. The van der Waals surface area contributed by atoms with Crippen LogP contribution < -0.4 is 5.32 Å². The van der Waals surface area contributed by atoms with E-state index in [0.29, 0.717) is 6.04 Å². The number of nitrogens with one attached hydrogen (secondary N) is 1. The van der Waals surface area contributed by atoms with E-state index in [9.17, 15) is 0 Å². The normalized spacial score (nSPS) is 12.9. The molecule has 1 unspecified atom stereocenters. The van der Waals surface area contributed by atoms with Gasteiger partial charge in [-0.1, -0.05) is 6.92 Å². The Kier molecular flexibility index (Phi) is 5.22. The van der Waals surface area contributed by atoms with E-state index in [1.807, 2.05) is 18.8 Å². The third kappa shape index (κ3) is 3.29. The highest BCUT2D eigenvalue weighted by Gasteiger charge is 2.18. The minimum Gasteiger partial charge on any atom is -0.313 e. The number of aromatic nitrogens is 2. The Morgan fingerprint density at radius 1 is 1.47 bits per heavy atom. The lowest BCUT2D eigenvalue weighted by Crippen LogP contribution is -2.19. The molecule has 0 spiro atoms. The van der Waals surface area contributed by atoms with Crippen molar-refractivity contribution in [3.05, 3.63) is 36.7 Å². The van der Waals surface area contributed by atoms with Crippen molar-refractivity contribution >= 4 is 43.2 Å². The lowest BCUT2D eigenvalue weighted by Gasteiger charge is -2.15. The summed E-state index contributed by atoms with van der Waals surface area (Å²) in [5, 5.41) is 10.1. The van der Waals surface area contributed by atoms with Crippen molar-refractivity contribution in [2.24, 2.45) is 7.05 Å². The number of aryl methyl sites for hydroxylation is 2. The fraction of sp³-hybridized carbons (Fsp3) is 0.462. The average molecular weight is 407 g/mol. The average Bonchev–Trinajstić information content (AvgIpc) is 2.92. The van der Waals surface area contributed by atoms with E-state index in [2.05, 4.69) is 60.6 Å². The third-order valence-corrected chi connectivity index (χ3v) is 5.68. The summed E-state index contributed by atoms with van der Waals surface area (Å²) in [6.07, 6.45) is 1.87. The Balaban J connectivity index is 2.26. The van der Waals surface area contributed by atoms with E-state index >= 15 is 0 Å². The predicted molar refractivity (Wildman–Crippen MR) is 87.8 cm³/mol. The van der Waals surface area contributed by atoms with Crippen LogP contribution in [0.4, 0.5) is 0 Å². The monoisotopic (exact) mass is 405 g/mol. The number of likely N-dealkylation sites (N-methyl/N-ethyl adjacent to an activating group) is 1. The van der Waals surface area contributed by atoms with Gasteiger partial charge in [-0.05, 0) is 62.3 Å². The van der Waals surface area contributed by atoms with Gasteiger partial charge in [0.05, 0.1) is 19.6 Å². The SMILES string of the molecule is CCc1nn(C)c(CC(NC)c2csc(Br)c2)c1Br. The molecule has 0 radical (unpaired) electrons. The first-order chi connectivity index (χ1) is 9.06. The maximum atomic E-state index is 4.55. The number of halogens is 2. The van der Waals surface area contributed by atoms with Crippen molar-refractivity contribution in [1.82, 2.24) is 15.1 Å². The lowest BCUT2D eigenvalue weighted by atomic mass is 10.1. The lowest BCUT2D eigenvalue weighted by molar-refractivity contribution is 0.561. The highest BCUT2D eigenvalue weighted by Crippen LogP contribution is 2.30. The van der Waals surface area contributed by atoms with Crippen molar-refractivity contribution in [3.8, 4) is 0 Å². The summed E-state index contributed by atoms with van der Waals surface area (Å²) in [5.41, 5.74) is 3.67. The van der Waals surface area contributed by atoms with E-state index < -0.39 is 0 Å². The Bertz CT molecular complexity index is 562. The summed E-state index contributed by atoms with van der Waals surface area (Å²) in [7, 11) is 4.01. The Morgan fingerprint density at radius 2 is 2.21 bits per heavy atom. The Labute approximate surface area is 134 Å². The molecule has 2 aromatic heterocycles. The van der Waals surface area contributed by atoms with Gasteiger partial charge >= 0.3 is 0 Å². The van der Waals surface area contributed by atoms with Gasteiger partial charge in [0, 0.05) is 19.5 Å². The number of rotatable bonds is 5. The maximum Gasteiger partial charge on any atom is 0.0766 e. The minimum atomic E-state index is 0.305. The van der Waals surface area contributed by atoms with Crippen LogP contribution in [0.2, 0.25) is 0 Å². The Morgan fingerprint density at radius 3 is 2.68 bits per heavy atom. The highest BCUT2D eigenvalue weighted by atomic mass is 79.9. The van der Waals surface area contributed by atoms with Crippen molar-refractivity contribution < 1.29 is 0 Å². The van der Waals surface area contributed by atoms with E-state index in [0.717, 1.165) is 23.0 Å². The first-order valence-electron chi connectivity index (χ1n) is 6.18. The van der Waals surface area contributed by atoms with Crippen LogP contribution in [-0.2, 0) is 19.9 Å². The van der Waals surface area contributed by atoms with Gasteiger partial charge in [-0.15, -0.1) is 11.3 Å². The fourth-order valence-corrected chi connectivity index (χ4v) is 4.14. The first kappa shape index (κ1) is 15.2. The summed E-state index contributed by atoms with van der Waals surface area (Å²) in [4.78, 5) is 0. The topological polar surface area (TPSA) is 29.9 Å². The molecule has 6 heteroatoms. The van der Waals surface area contributed by atoms with Crippen LogP contribution in [-0.4, -0.2) is 16.8 Å². The van der Waals surface area contributed by atoms with Gasteiger partial charge in [-0.3, -0.25) is 4.68 Å². The van der Waals surface area contributed by atoms with Gasteiger partial charge < -0.3 is 5.32 Å². The molecule has 1 atom stereocenters. The third-order valence-electron chi connectivity index (χ3n) is 3.24. The molecule has 2 aromatic rings. The van der Waals surface area contributed by atoms with Crippen LogP contribution in [0.25, 0.3) is 0 Å². The molecule has 1 N–H and O–H groups in total. The summed E-state index contributed by atoms with van der Waals surface area (Å²) in [5.74, 6) is 0. The first-order valence-corrected chi connectivity index (χ1v) is 8.64. The van der Waals surface area contributed by atoms with Crippen LogP contribution in [0.15, 0.2) is 19.7 Å². The van der Waals surface area contributed by atoms with Crippen LogP contribution in [0.1, 0.15) is 29.9 Å². The van der Waals surface area contributed by atoms with E-state index in [-0.39, 0.29) is 0 Å². The molecule has 0 aliphatic rings. The number of hydrogen-bond donors (Lipinski definition) is 1. The number of thiophene rings is 1. The van der Waals surface area contributed by atoms with Gasteiger partial charge in [0.2, 0.25) is 0 Å². The van der Waals surface area contributed by atoms with E-state index in [1.54, 1.807) is 11.3 Å². The zero-order valence-electron chi connectivity index (χ0n) is 11.2. The second kappa shape index (κ2) is 6.52. The van der Waals surface area contributed by atoms with Gasteiger partial charge in [0.25, 0.3) is 0 Å². The molecule has 0 fully saturated rings. The molecule has 104 valence electrons. The van der Waals surface area contributed by atoms with Crippen molar-refractivity contribution in [1.29, 1.82) is 0 Å². The highest BCUT2D eigenvalue weighted by molar-refractivity contribution is 9.11. The predicted octanol–water partition coefficient (Wildman–Crippen LogP) is 4.07. The largest absolute Gasteiger partial charge is 0.313 e. The minimum absolute atomic E-state index is 0.305. The zero-order chi connectivity index (χ0) is 14.0. The van der Waals surface area contributed by atoms with Crippen LogP contribution in [0, 0.1) is 0 Å². The summed E-state index contributed by atoms with van der Waals surface area (Å²) >= 11 is 8.92. The molecular formula is C13H17Br2N3S.